The number of carbonyl (C=O) groups is 2. The van der Waals surface area contributed by atoms with Crippen molar-refractivity contribution in [2.24, 2.45) is 5.41 Å². The summed E-state index contributed by atoms with van der Waals surface area (Å²) in [5.74, 6) is -1.50. The van der Waals surface area contributed by atoms with Gasteiger partial charge in [-0.2, -0.15) is 0 Å². The fraction of sp³-hybridized carbons (Fsp3) is 0.391. The molecule has 2 aromatic rings. The van der Waals surface area contributed by atoms with Gasteiger partial charge in [-0.05, 0) is 48.9 Å². The van der Waals surface area contributed by atoms with E-state index in [2.05, 4.69) is 5.32 Å². The lowest BCUT2D eigenvalue weighted by atomic mass is 9.77. The van der Waals surface area contributed by atoms with E-state index in [-0.39, 0.29) is 11.3 Å². The molecule has 28 heavy (non-hydrogen) atoms. The first kappa shape index (κ1) is 18.7. The Morgan fingerprint density at radius 1 is 0.964 bits per heavy atom. The first-order valence-corrected chi connectivity index (χ1v) is 9.94. The van der Waals surface area contributed by atoms with E-state index < -0.39 is 17.9 Å². The van der Waals surface area contributed by atoms with Gasteiger partial charge in [0.05, 0.1) is 5.92 Å². The maximum atomic E-state index is 13.7. The van der Waals surface area contributed by atoms with E-state index in [0.29, 0.717) is 13.0 Å². The molecule has 0 saturated carbocycles. The average molecular weight is 378 g/mol. The molecule has 0 radical (unpaired) electrons. The zero-order chi connectivity index (χ0) is 19.6. The van der Waals surface area contributed by atoms with Gasteiger partial charge in [-0.15, -0.1) is 0 Å². The minimum atomic E-state index is -0.899. The molecule has 0 unspecified atom stereocenters. The summed E-state index contributed by atoms with van der Waals surface area (Å²) in [7, 11) is 0. The summed E-state index contributed by atoms with van der Waals surface area (Å²) in [6, 6.07) is 18.6. The summed E-state index contributed by atoms with van der Waals surface area (Å²) in [6.07, 6.45) is 2.38. The van der Waals surface area contributed by atoms with Crippen molar-refractivity contribution in [3.05, 3.63) is 71.8 Å². The van der Waals surface area contributed by atoms with Crippen molar-refractivity contribution in [2.75, 3.05) is 19.6 Å². The van der Waals surface area contributed by atoms with Crippen LogP contribution in [0.1, 0.15) is 36.3 Å². The molecule has 2 aromatic carbocycles. The Bertz CT molecular complexity index is 792. The van der Waals surface area contributed by atoms with Gasteiger partial charge in [-0.25, -0.2) is 4.79 Å². The third kappa shape index (κ3) is 3.54. The number of hydrogen-bond acceptors (Lipinski definition) is 3. The second-order valence-corrected chi connectivity index (χ2v) is 8.03. The molecule has 4 rings (SSSR count). The number of hydrogen-bond donors (Lipinski definition) is 2. The molecule has 0 aliphatic carbocycles. The lowest BCUT2D eigenvalue weighted by molar-refractivity contribution is -0.148. The van der Waals surface area contributed by atoms with Gasteiger partial charge in [-0.1, -0.05) is 60.7 Å². The molecule has 0 bridgehead atoms. The highest BCUT2D eigenvalue weighted by molar-refractivity contribution is 5.91. The van der Waals surface area contributed by atoms with Gasteiger partial charge < -0.3 is 15.3 Å². The monoisotopic (exact) mass is 378 g/mol. The van der Waals surface area contributed by atoms with Crippen molar-refractivity contribution >= 4 is 11.9 Å². The van der Waals surface area contributed by atoms with Crippen LogP contribution < -0.4 is 5.32 Å². The number of carbonyl (C=O) groups excluding carboxylic acids is 1. The number of carboxylic acid groups (broad SMARTS) is 1. The first-order valence-electron chi connectivity index (χ1n) is 9.94. The molecule has 2 saturated heterocycles. The minimum Gasteiger partial charge on any atom is -0.480 e. The molecule has 2 N–H and O–H groups in total. The number of benzene rings is 2. The number of amides is 1. The van der Waals surface area contributed by atoms with E-state index >= 15 is 0 Å². The predicted octanol–water partition coefficient (Wildman–Crippen LogP) is 2.87. The predicted molar refractivity (Wildman–Crippen MR) is 107 cm³/mol. The number of carboxylic acids is 1. The highest BCUT2D eigenvalue weighted by Crippen LogP contribution is 2.43. The second-order valence-electron chi connectivity index (χ2n) is 8.03. The summed E-state index contributed by atoms with van der Waals surface area (Å²) < 4.78 is 0. The SMILES string of the molecule is O=C(O)[C@@H]1CC2(CCNCC2)CN1C(=O)C(c1ccccc1)c1ccccc1. The standard InChI is InChI=1S/C23H26N2O3/c26-21(20(17-7-3-1-4-8-17)18-9-5-2-6-10-18)25-16-23(11-13-24-14-12-23)15-19(25)22(27)28/h1-10,19-20,24H,11-16H2,(H,27,28)/t19-/m0/s1. The third-order valence-electron chi connectivity index (χ3n) is 6.25. The van der Waals surface area contributed by atoms with Gasteiger partial charge in [0, 0.05) is 6.54 Å². The van der Waals surface area contributed by atoms with Crippen LogP contribution in [0.3, 0.4) is 0 Å². The quantitative estimate of drug-likeness (QED) is 0.858. The summed E-state index contributed by atoms with van der Waals surface area (Å²) >= 11 is 0. The van der Waals surface area contributed by atoms with Crippen LogP contribution in [-0.2, 0) is 9.59 Å². The maximum Gasteiger partial charge on any atom is 0.326 e. The normalized spacial score (nSPS) is 21.2. The summed E-state index contributed by atoms with van der Waals surface area (Å²) in [5, 5.41) is 13.2. The van der Waals surface area contributed by atoms with E-state index in [1.165, 1.54) is 0 Å². The van der Waals surface area contributed by atoms with Crippen LogP contribution in [-0.4, -0.2) is 47.6 Å². The van der Waals surface area contributed by atoms with Crippen molar-refractivity contribution in [3.8, 4) is 0 Å². The number of piperidine rings is 1. The molecular weight excluding hydrogens is 352 g/mol. The number of rotatable bonds is 4. The van der Waals surface area contributed by atoms with Crippen molar-refractivity contribution in [1.29, 1.82) is 0 Å². The van der Waals surface area contributed by atoms with E-state index in [0.717, 1.165) is 37.1 Å². The molecule has 2 aliphatic rings. The Morgan fingerprint density at radius 3 is 2.00 bits per heavy atom. The van der Waals surface area contributed by atoms with Gasteiger partial charge in [-0.3, -0.25) is 4.79 Å². The minimum absolute atomic E-state index is 0.0815. The molecule has 1 spiro atoms. The molecule has 2 aliphatic heterocycles. The lowest BCUT2D eigenvalue weighted by Crippen LogP contribution is -2.44. The van der Waals surface area contributed by atoms with Crippen LogP contribution in [0.2, 0.25) is 0 Å². The van der Waals surface area contributed by atoms with Gasteiger partial charge in [0.2, 0.25) is 5.91 Å². The Morgan fingerprint density at radius 2 is 1.50 bits per heavy atom. The van der Waals surface area contributed by atoms with Crippen LogP contribution in [0.25, 0.3) is 0 Å². The van der Waals surface area contributed by atoms with Crippen molar-refractivity contribution in [3.63, 3.8) is 0 Å². The molecule has 5 nitrogen and oxygen atoms in total. The summed E-state index contributed by atoms with van der Waals surface area (Å²) in [5.41, 5.74) is 1.71. The number of likely N-dealkylation sites (tertiary alicyclic amines) is 1. The third-order valence-corrected chi connectivity index (χ3v) is 6.25. The zero-order valence-corrected chi connectivity index (χ0v) is 15.9. The first-order chi connectivity index (χ1) is 13.6. The Kier molecular flexibility index (Phi) is 5.18. The van der Waals surface area contributed by atoms with E-state index in [1.54, 1.807) is 4.90 Å². The molecular formula is C23H26N2O3. The van der Waals surface area contributed by atoms with Crippen LogP contribution in [0.15, 0.2) is 60.7 Å². The Labute approximate surface area is 165 Å². The number of aliphatic carboxylic acids is 1. The number of nitrogens with zero attached hydrogens (tertiary/aromatic N) is 1. The highest BCUT2D eigenvalue weighted by atomic mass is 16.4. The van der Waals surface area contributed by atoms with Crippen LogP contribution >= 0.6 is 0 Å². The Hall–Kier alpha value is -2.66. The lowest BCUT2D eigenvalue weighted by Gasteiger charge is -2.34. The summed E-state index contributed by atoms with van der Waals surface area (Å²) in [6.45, 7) is 2.30. The molecule has 146 valence electrons. The van der Waals surface area contributed by atoms with Crippen molar-refractivity contribution in [1.82, 2.24) is 10.2 Å². The van der Waals surface area contributed by atoms with Gasteiger partial charge in [0.15, 0.2) is 0 Å². The van der Waals surface area contributed by atoms with Crippen LogP contribution in [0, 0.1) is 5.41 Å². The Balaban J connectivity index is 1.70. The van der Waals surface area contributed by atoms with Crippen LogP contribution in [0.5, 0.6) is 0 Å². The van der Waals surface area contributed by atoms with Gasteiger partial charge in [0.1, 0.15) is 6.04 Å². The van der Waals surface area contributed by atoms with E-state index in [9.17, 15) is 14.7 Å². The van der Waals surface area contributed by atoms with Crippen molar-refractivity contribution in [2.45, 2.75) is 31.2 Å². The van der Waals surface area contributed by atoms with E-state index in [4.69, 9.17) is 0 Å². The second kappa shape index (κ2) is 7.76. The largest absolute Gasteiger partial charge is 0.480 e. The molecule has 5 heteroatoms. The topological polar surface area (TPSA) is 69.6 Å². The van der Waals surface area contributed by atoms with Crippen molar-refractivity contribution < 1.29 is 14.7 Å². The smallest absolute Gasteiger partial charge is 0.326 e. The fourth-order valence-corrected chi connectivity index (χ4v) is 4.76. The fourth-order valence-electron chi connectivity index (χ4n) is 4.76. The number of nitrogens with one attached hydrogen (secondary N) is 1. The average Bonchev–Trinajstić information content (AvgIpc) is 3.09. The van der Waals surface area contributed by atoms with Gasteiger partial charge >= 0.3 is 5.97 Å². The molecule has 0 aromatic heterocycles. The molecule has 1 amide bonds. The zero-order valence-electron chi connectivity index (χ0n) is 15.9. The van der Waals surface area contributed by atoms with Crippen LogP contribution in [0.4, 0.5) is 0 Å². The van der Waals surface area contributed by atoms with Gasteiger partial charge in [0.25, 0.3) is 0 Å². The van der Waals surface area contributed by atoms with E-state index in [1.807, 2.05) is 60.7 Å². The molecule has 2 heterocycles. The highest BCUT2D eigenvalue weighted by Gasteiger charge is 2.50. The molecule has 2 fully saturated rings. The molecule has 1 atom stereocenters. The summed E-state index contributed by atoms with van der Waals surface area (Å²) in [4.78, 5) is 27.4. The maximum absolute atomic E-state index is 13.7.